The van der Waals surface area contributed by atoms with Crippen LogP contribution in [0.15, 0.2) is 53.3 Å². The van der Waals surface area contributed by atoms with Crippen molar-refractivity contribution in [3.63, 3.8) is 0 Å². The summed E-state index contributed by atoms with van der Waals surface area (Å²) in [5, 5.41) is 16.0. The molecule has 130 valence electrons. The quantitative estimate of drug-likeness (QED) is 0.750. The first-order valence-electron chi connectivity index (χ1n) is 8.44. The van der Waals surface area contributed by atoms with Crippen molar-refractivity contribution in [1.82, 2.24) is 9.78 Å². The Morgan fingerprint density at radius 1 is 1.16 bits per heavy atom. The van der Waals surface area contributed by atoms with Gasteiger partial charge >= 0.3 is 0 Å². The molecule has 1 atom stereocenters. The smallest absolute Gasteiger partial charge is 0.274 e. The van der Waals surface area contributed by atoms with E-state index < -0.39 is 6.10 Å². The zero-order valence-electron chi connectivity index (χ0n) is 14.5. The van der Waals surface area contributed by atoms with Crippen LogP contribution in [0.3, 0.4) is 0 Å². The Balaban J connectivity index is 1.72. The Hall–Kier alpha value is -2.66. The number of hydrogen-bond donors (Lipinski definition) is 1. The third-order valence-electron chi connectivity index (χ3n) is 4.19. The molecule has 0 fully saturated rings. The average Bonchev–Trinajstić information content (AvgIpc) is 2.64. The van der Waals surface area contributed by atoms with Crippen LogP contribution in [0.4, 0.5) is 0 Å². The maximum absolute atomic E-state index is 12.5. The number of aliphatic hydroxyl groups excluding tert-OH is 1. The Morgan fingerprint density at radius 3 is 2.68 bits per heavy atom. The van der Waals surface area contributed by atoms with Crippen LogP contribution in [0.25, 0.3) is 10.8 Å². The molecule has 5 heteroatoms. The van der Waals surface area contributed by atoms with E-state index in [1.165, 1.54) is 10.2 Å². The SMILES string of the molecule is CCc1cccc(OCC(O)Cn2nc(C)c3ccccc3c2=O)c1. The van der Waals surface area contributed by atoms with Crippen molar-refractivity contribution in [1.29, 1.82) is 0 Å². The Kier molecular flexibility index (Phi) is 5.14. The fourth-order valence-electron chi connectivity index (χ4n) is 2.83. The maximum atomic E-state index is 12.5. The highest BCUT2D eigenvalue weighted by molar-refractivity contribution is 5.83. The average molecular weight is 338 g/mol. The van der Waals surface area contributed by atoms with Crippen LogP contribution in [-0.2, 0) is 13.0 Å². The minimum atomic E-state index is -0.823. The van der Waals surface area contributed by atoms with E-state index in [1.807, 2.05) is 49.4 Å². The van der Waals surface area contributed by atoms with Crippen molar-refractivity contribution in [3.05, 3.63) is 70.1 Å². The second kappa shape index (κ2) is 7.49. The van der Waals surface area contributed by atoms with E-state index in [1.54, 1.807) is 6.07 Å². The predicted octanol–water partition coefficient (Wildman–Crippen LogP) is 2.71. The first-order valence-corrected chi connectivity index (χ1v) is 8.44. The number of aromatic nitrogens is 2. The van der Waals surface area contributed by atoms with Crippen molar-refractivity contribution in [3.8, 4) is 5.75 Å². The van der Waals surface area contributed by atoms with Crippen LogP contribution < -0.4 is 10.3 Å². The summed E-state index contributed by atoms with van der Waals surface area (Å²) >= 11 is 0. The van der Waals surface area contributed by atoms with Crippen molar-refractivity contribution in [2.75, 3.05) is 6.61 Å². The molecule has 0 radical (unpaired) electrons. The van der Waals surface area contributed by atoms with Crippen LogP contribution in [0.2, 0.25) is 0 Å². The van der Waals surface area contributed by atoms with E-state index in [0.717, 1.165) is 17.5 Å². The maximum Gasteiger partial charge on any atom is 0.274 e. The van der Waals surface area contributed by atoms with Gasteiger partial charge in [-0.05, 0) is 37.1 Å². The van der Waals surface area contributed by atoms with Gasteiger partial charge in [0.15, 0.2) is 0 Å². The first-order chi connectivity index (χ1) is 12.1. The Morgan fingerprint density at radius 2 is 1.92 bits per heavy atom. The molecule has 3 aromatic rings. The third-order valence-corrected chi connectivity index (χ3v) is 4.19. The normalized spacial score (nSPS) is 12.3. The summed E-state index contributed by atoms with van der Waals surface area (Å²) < 4.78 is 6.96. The van der Waals surface area contributed by atoms with Gasteiger partial charge in [0.2, 0.25) is 0 Å². The van der Waals surface area contributed by atoms with E-state index in [0.29, 0.717) is 11.1 Å². The molecular formula is C20H22N2O3. The minimum Gasteiger partial charge on any atom is -0.491 e. The highest BCUT2D eigenvalue weighted by Crippen LogP contribution is 2.14. The number of rotatable bonds is 6. The van der Waals surface area contributed by atoms with E-state index in [9.17, 15) is 9.90 Å². The van der Waals surface area contributed by atoms with E-state index >= 15 is 0 Å². The van der Waals surface area contributed by atoms with Crippen LogP contribution in [0.5, 0.6) is 5.75 Å². The molecule has 0 saturated carbocycles. The molecule has 0 spiro atoms. The summed E-state index contributed by atoms with van der Waals surface area (Å²) in [5.41, 5.74) is 1.74. The standard InChI is InChI=1S/C20H22N2O3/c1-3-15-7-6-8-17(11-15)25-13-16(23)12-22-20(24)19-10-5-4-9-18(19)14(2)21-22/h4-11,16,23H,3,12-13H2,1-2H3. The molecule has 0 aliphatic carbocycles. The molecule has 25 heavy (non-hydrogen) atoms. The summed E-state index contributed by atoms with van der Waals surface area (Å²) in [7, 11) is 0. The van der Waals surface area contributed by atoms with Gasteiger partial charge in [0.25, 0.3) is 5.56 Å². The molecule has 3 rings (SSSR count). The molecule has 2 aromatic carbocycles. The van der Waals surface area contributed by atoms with Gasteiger partial charge in [0, 0.05) is 5.39 Å². The van der Waals surface area contributed by atoms with Gasteiger partial charge in [-0.25, -0.2) is 4.68 Å². The molecular weight excluding hydrogens is 316 g/mol. The van der Waals surface area contributed by atoms with E-state index in [2.05, 4.69) is 12.0 Å². The van der Waals surface area contributed by atoms with Gasteiger partial charge in [-0.1, -0.05) is 37.3 Å². The van der Waals surface area contributed by atoms with Crippen LogP contribution in [0, 0.1) is 6.92 Å². The first kappa shape index (κ1) is 17.2. The number of fused-ring (bicyclic) bond motifs is 1. The molecule has 1 unspecified atom stereocenters. The van der Waals surface area contributed by atoms with Crippen molar-refractivity contribution >= 4 is 10.8 Å². The number of aliphatic hydroxyl groups is 1. The lowest BCUT2D eigenvalue weighted by Crippen LogP contribution is -2.32. The van der Waals surface area contributed by atoms with Gasteiger partial charge in [-0.2, -0.15) is 5.10 Å². The Bertz CT molecular complexity index is 934. The van der Waals surface area contributed by atoms with Crippen molar-refractivity contribution < 1.29 is 9.84 Å². The molecule has 1 heterocycles. The van der Waals surface area contributed by atoms with E-state index in [4.69, 9.17) is 4.74 Å². The van der Waals surface area contributed by atoms with Crippen LogP contribution in [0.1, 0.15) is 18.2 Å². The summed E-state index contributed by atoms with van der Waals surface area (Å²) in [6.07, 6.45) is 0.103. The van der Waals surface area contributed by atoms with Crippen LogP contribution in [-0.4, -0.2) is 27.6 Å². The molecule has 0 aliphatic rings. The molecule has 0 saturated heterocycles. The number of aryl methyl sites for hydroxylation is 2. The minimum absolute atomic E-state index is 0.0952. The van der Waals surface area contributed by atoms with Crippen molar-refractivity contribution in [2.24, 2.45) is 0 Å². The molecule has 1 aromatic heterocycles. The molecule has 0 amide bonds. The highest BCUT2D eigenvalue weighted by Gasteiger charge is 2.12. The molecule has 0 bridgehead atoms. The van der Waals surface area contributed by atoms with Crippen molar-refractivity contribution in [2.45, 2.75) is 32.9 Å². The lowest BCUT2D eigenvalue weighted by molar-refractivity contribution is 0.0880. The topological polar surface area (TPSA) is 64.3 Å². The summed E-state index contributed by atoms with van der Waals surface area (Å²) in [6, 6.07) is 15.1. The predicted molar refractivity (Wildman–Crippen MR) is 98.1 cm³/mol. The number of nitrogens with zero attached hydrogens (tertiary/aromatic N) is 2. The summed E-state index contributed by atoms with van der Waals surface area (Å²) in [4.78, 5) is 12.5. The number of benzene rings is 2. The monoisotopic (exact) mass is 338 g/mol. The molecule has 0 aliphatic heterocycles. The fraction of sp³-hybridized carbons (Fsp3) is 0.300. The highest BCUT2D eigenvalue weighted by atomic mass is 16.5. The fourth-order valence-corrected chi connectivity index (χ4v) is 2.83. The largest absolute Gasteiger partial charge is 0.491 e. The van der Waals surface area contributed by atoms with Gasteiger partial charge in [0.1, 0.15) is 18.5 Å². The zero-order chi connectivity index (χ0) is 17.8. The third kappa shape index (κ3) is 3.88. The van der Waals surface area contributed by atoms with Gasteiger partial charge in [0.05, 0.1) is 17.6 Å². The van der Waals surface area contributed by atoms with Crippen LogP contribution >= 0.6 is 0 Å². The molecule has 1 N–H and O–H groups in total. The lowest BCUT2D eigenvalue weighted by atomic mass is 10.1. The van der Waals surface area contributed by atoms with E-state index in [-0.39, 0.29) is 18.7 Å². The second-order valence-electron chi connectivity index (χ2n) is 6.08. The number of ether oxygens (including phenoxy) is 1. The van der Waals surface area contributed by atoms with Gasteiger partial charge in [-0.3, -0.25) is 4.79 Å². The Labute approximate surface area is 146 Å². The number of hydrogen-bond acceptors (Lipinski definition) is 4. The van der Waals surface area contributed by atoms with Gasteiger partial charge in [-0.15, -0.1) is 0 Å². The second-order valence-corrected chi connectivity index (χ2v) is 6.08. The summed E-state index contributed by atoms with van der Waals surface area (Å²) in [5.74, 6) is 0.716. The molecule has 5 nitrogen and oxygen atoms in total. The lowest BCUT2D eigenvalue weighted by Gasteiger charge is -2.15. The zero-order valence-corrected chi connectivity index (χ0v) is 14.5. The van der Waals surface area contributed by atoms with Gasteiger partial charge < -0.3 is 9.84 Å². The summed E-state index contributed by atoms with van der Waals surface area (Å²) in [6.45, 7) is 4.14.